The third-order valence-corrected chi connectivity index (χ3v) is 7.92. The standard InChI is InChI=1S/C18H23N5O4S2/c1-2-29(25,26)23-8-7-13-10-14(5-6-16(13)23)17(24)12-28-18-19-20-21-22(18)11-15-4-3-9-27-15/h5-6,10,15H,2-4,7-9,11-12H2,1H3. The minimum absolute atomic E-state index is 0.0405. The van der Waals surface area contributed by atoms with E-state index in [0.29, 0.717) is 35.9 Å². The predicted molar refractivity (Wildman–Crippen MR) is 109 cm³/mol. The summed E-state index contributed by atoms with van der Waals surface area (Å²) in [5, 5.41) is 12.3. The van der Waals surface area contributed by atoms with E-state index in [-0.39, 0.29) is 23.4 Å². The summed E-state index contributed by atoms with van der Waals surface area (Å²) in [4.78, 5) is 12.7. The number of hydrogen-bond donors (Lipinski definition) is 0. The lowest BCUT2D eigenvalue weighted by molar-refractivity contribution is 0.0912. The molecule has 2 aliphatic rings. The number of sulfonamides is 1. The number of benzene rings is 1. The first-order valence-corrected chi connectivity index (χ1v) is 12.2. The third kappa shape index (κ3) is 4.31. The number of nitrogens with zero attached hydrogens (tertiary/aromatic N) is 5. The van der Waals surface area contributed by atoms with E-state index >= 15 is 0 Å². The molecule has 0 spiro atoms. The lowest BCUT2D eigenvalue weighted by atomic mass is 10.1. The Balaban J connectivity index is 1.41. The summed E-state index contributed by atoms with van der Waals surface area (Å²) in [5.74, 6) is 0.229. The van der Waals surface area contributed by atoms with Crippen molar-refractivity contribution in [3.05, 3.63) is 29.3 Å². The third-order valence-electron chi connectivity index (χ3n) is 5.19. The van der Waals surface area contributed by atoms with Gasteiger partial charge in [0.2, 0.25) is 15.2 Å². The zero-order chi connectivity index (χ0) is 20.4. The normalized spacial score (nSPS) is 18.9. The van der Waals surface area contributed by atoms with Gasteiger partial charge in [-0.25, -0.2) is 13.1 Å². The second-order valence-electron chi connectivity index (χ2n) is 7.06. The summed E-state index contributed by atoms with van der Waals surface area (Å²) >= 11 is 1.30. The Bertz CT molecular complexity index is 1000. The highest BCUT2D eigenvalue weighted by Crippen LogP contribution is 2.31. The molecule has 0 bridgehead atoms. The summed E-state index contributed by atoms with van der Waals surface area (Å²) in [5.41, 5.74) is 2.14. The molecule has 29 heavy (non-hydrogen) atoms. The van der Waals surface area contributed by atoms with Gasteiger partial charge < -0.3 is 4.74 Å². The average Bonchev–Trinajstić information content (AvgIpc) is 3.47. The minimum atomic E-state index is -3.29. The van der Waals surface area contributed by atoms with E-state index in [2.05, 4.69) is 15.5 Å². The molecule has 1 atom stereocenters. The van der Waals surface area contributed by atoms with Crippen LogP contribution in [0.25, 0.3) is 0 Å². The Morgan fingerprint density at radius 2 is 2.24 bits per heavy atom. The van der Waals surface area contributed by atoms with Gasteiger partial charge in [-0.05, 0) is 60.4 Å². The van der Waals surface area contributed by atoms with E-state index in [1.807, 2.05) is 0 Å². The van der Waals surface area contributed by atoms with Gasteiger partial charge in [0.1, 0.15) is 0 Å². The molecule has 1 unspecified atom stereocenters. The first-order valence-electron chi connectivity index (χ1n) is 9.65. The Morgan fingerprint density at radius 3 is 3.00 bits per heavy atom. The lowest BCUT2D eigenvalue weighted by Crippen LogP contribution is -2.30. The topological polar surface area (TPSA) is 107 Å². The minimum Gasteiger partial charge on any atom is -0.376 e. The van der Waals surface area contributed by atoms with Crippen molar-refractivity contribution in [2.24, 2.45) is 0 Å². The molecular weight excluding hydrogens is 414 g/mol. The number of ether oxygens (including phenoxy) is 1. The smallest absolute Gasteiger partial charge is 0.234 e. The lowest BCUT2D eigenvalue weighted by Gasteiger charge is -2.18. The van der Waals surface area contributed by atoms with Gasteiger partial charge in [-0.3, -0.25) is 9.10 Å². The molecule has 0 aliphatic carbocycles. The first-order chi connectivity index (χ1) is 14.0. The number of hydrogen-bond acceptors (Lipinski definition) is 8. The molecule has 2 aromatic rings. The second kappa shape index (κ2) is 8.41. The molecule has 156 valence electrons. The largest absolute Gasteiger partial charge is 0.376 e. The Hall–Kier alpha value is -1.98. The fraction of sp³-hybridized carbons (Fsp3) is 0.556. The number of Topliss-reactive ketones (excluding diaryl/α,β-unsaturated/α-hetero) is 1. The number of carbonyl (C=O) groups excluding carboxylic acids is 1. The van der Waals surface area contributed by atoms with Gasteiger partial charge in [0.15, 0.2) is 5.78 Å². The van der Waals surface area contributed by atoms with Crippen LogP contribution in [0.1, 0.15) is 35.7 Å². The quantitative estimate of drug-likeness (QED) is 0.452. The SMILES string of the molecule is CCS(=O)(=O)N1CCc2cc(C(=O)CSc3nnnn3CC3CCCO3)ccc21. The molecule has 1 aromatic heterocycles. The number of carbonyl (C=O) groups is 1. The number of thioether (sulfide) groups is 1. The number of tetrazole rings is 1. The summed E-state index contributed by atoms with van der Waals surface area (Å²) in [6.07, 6.45) is 2.77. The Kier molecular flexibility index (Phi) is 5.88. The zero-order valence-electron chi connectivity index (χ0n) is 16.2. The molecule has 4 rings (SSSR count). The van der Waals surface area contributed by atoms with E-state index in [0.717, 1.165) is 25.0 Å². The van der Waals surface area contributed by atoms with Crippen LogP contribution in [-0.2, 0) is 27.7 Å². The number of ketones is 1. The van der Waals surface area contributed by atoms with Crippen molar-refractivity contribution >= 4 is 33.3 Å². The van der Waals surface area contributed by atoms with Crippen LogP contribution in [0.2, 0.25) is 0 Å². The van der Waals surface area contributed by atoms with Gasteiger partial charge in [-0.2, -0.15) is 0 Å². The molecule has 1 fully saturated rings. The van der Waals surface area contributed by atoms with E-state index in [9.17, 15) is 13.2 Å². The van der Waals surface area contributed by atoms with Crippen LogP contribution in [-0.4, -0.2) is 65.2 Å². The molecule has 0 radical (unpaired) electrons. The molecule has 9 nitrogen and oxygen atoms in total. The first kappa shape index (κ1) is 20.3. The highest BCUT2D eigenvalue weighted by molar-refractivity contribution is 7.99. The van der Waals surface area contributed by atoms with Gasteiger partial charge >= 0.3 is 0 Å². The van der Waals surface area contributed by atoms with Crippen LogP contribution in [0, 0.1) is 0 Å². The van der Waals surface area contributed by atoms with E-state index < -0.39 is 10.0 Å². The van der Waals surface area contributed by atoms with Crippen molar-refractivity contribution in [1.82, 2.24) is 20.2 Å². The second-order valence-corrected chi connectivity index (χ2v) is 10.2. The van der Waals surface area contributed by atoms with Crippen LogP contribution in [0.15, 0.2) is 23.4 Å². The van der Waals surface area contributed by atoms with E-state index in [4.69, 9.17) is 4.74 Å². The summed E-state index contributed by atoms with van der Waals surface area (Å²) in [7, 11) is -3.29. The van der Waals surface area contributed by atoms with E-state index in [1.54, 1.807) is 29.8 Å². The molecule has 1 aromatic carbocycles. The molecular formula is C18H23N5O4S2. The van der Waals surface area contributed by atoms with Gasteiger partial charge in [0.05, 0.1) is 29.8 Å². The van der Waals surface area contributed by atoms with Crippen molar-refractivity contribution in [1.29, 1.82) is 0 Å². The monoisotopic (exact) mass is 437 g/mol. The molecule has 1 saturated heterocycles. The van der Waals surface area contributed by atoms with Crippen molar-refractivity contribution in [3.8, 4) is 0 Å². The molecule has 0 N–H and O–H groups in total. The van der Waals surface area contributed by atoms with Crippen molar-refractivity contribution in [3.63, 3.8) is 0 Å². The molecule has 0 saturated carbocycles. The molecule has 2 aliphatic heterocycles. The van der Waals surface area contributed by atoms with Crippen LogP contribution >= 0.6 is 11.8 Å². The molecule has 0 amide bonds. The molecule has 3 heterocycles. The van der Waals surface area contributed by atoms with Gasteiger partial charge in [-0.1, -0.05) is 11.8 Å². The number of rotatable bonds is 8. The summed E-state index contributed by atoms with van der Waals surface area (Å²) in [6.45, 7) is 3.41. The zero-order valence-corrected chi connectivity index (χ0v) is 17.8. The molecule has 11 heteroatoms. The summed E-state index contributed by atoms with van der Waals surface area (Å²) in [6, 6.07) is 5.23. The van der Waals surface area contributed by atoms with Crippen LogP contribution in [0.3, 0.4) is 0 Å². The maximum absolute atomic E-state index is 12.7. The van der Waals surface area contributed by atoms with Gasteiger partial charge in [0, 0.05) is 18.7 Å². The van der Waals surface area contributed by atoms with Crippen molar-refractivity contribution in [2.45, 2.75) is 44.0 Å². The van der Waals surface area contributed by atoms with Crippen LogP contribution in [0.4, 0.5) is 5.69 Å². The summed E-state index contributed by atoms with van der Waals surface area (Å²) < 4.78 is 33.1. The Morgan fingerprint density at radius 1 is 1.38 bits per heavy atom. The maximum Gasteiger partial charge on any atom is 0.234 e. The Labute approximate surface area is 173 Å². The highest BCUT2D eigenvalue weighted by Gasteiger charge is 2.28. The number of anilines is 1. The highest BCUT2D eigenvalue weighted by atomic mass is 32.2. The fourth-order valence-corrected chi connectivity index (χ4v) is 5.54. The van der Waals surface area contributed by atoms with Crippen LogP contribution in [0.5, 0.6) is 0 Å². The number of fused-ring (bicyclic) bond motifs is 1. The van der Waals surface area contributed by atoms with Gasteiger partial charge in [-0.15, -0.1) is 5.10 Å². The number of aromatic nitrogens is 4. The maximum atomic E-state index is 12.7. The van der Waals surface area contributed by atoms with Gasteiger partial charge in [0.25, 0.3) is 0 Å². The fourth-order valence-electron chi connectivity index (χ4n) is 3.60. The van der Waals surface area contributed by atoms with Crippen LogP contribution < -0.4 is 4.31 Å². The average molecular weight is 438 g/mol. The van der Waals surface area contributed by atoms with Crippen molar-refractivity contribution < 1.29 is 17.9 Å². The van der Waals surface area contributed by atoms with E-state index in [1.165, 1.54) is 16.1 Å². The predicted octanol–water partition coefficient (Wildman–Crippen LogP) is 1.54. The van der Waals surface area contributed by atoms with Crippen molar-refractivity contribution in [2.75, 3.05) is 29.0 Å².